The summed E-state index contributed by atoms with van der Waals surface area (Å²) in [6, 6.07) is 2.27. The molecule has 5 nitrogen and oxygen atoms in total. The highest BCUT2D eigenvalue weighted by Gasteiger charge is 2.03. The Bertz CT molecular complexity index is 507. The maximum atomic E-state index is 4.33. The van der Waals surface area contributed by atoms with E-state index in [1.165, 1.54) is 0 Å². The van der Waals surface area contributed by atoms with E-state index < -0.39 is 0 Å². The van der Waals surface area contributed by atoms with Gasteiger partial charge in [-0.05, 0) is 13.0 Å². The Morgan fingerprint density at radius 3 is 2.50 bits per heavy atom. The summed E-state index contributed by atoms with van der Waals surface area (Å²) >= 11 is 0. The first-order valence-corrected chi connectivity index (χ1v) is 5.99. The predicted molar refractivity (Wildman–Crippen MR) is 69.8 cm³/mol. The molecule has 0 unspecified atom stereocenters. The summed E-state index contributed by atoms with van der Waals surface area (Å²) in [5, 5.41) is 3.32. The number of rotatable bonds is 4. The van der Waals surface area contributed by atoms with Gasteiger partial charge in [-0.25, -0.2) is 19.9 Å². The van der Waals surface area contributed by atoms with Gasteiger partial charge in [-0.2, -0.15) is 0 Å². The molecule has 2 heterocycles. The summed E-state index contributed by atoms with van der Waals surface area (Å²) in [5.74, 6) is 1.36. The van der Waals surface area contributed by atoms with Crippen LogP contribution in [0, 0.1) is 6.92 Å². The minimum Gasteiger partial charge on any atom is -0.310 e. The molecule has 0 aliphatic heterocycles. The first kappa shape index (κ1) is 12.6. The summed E-state index contributed by atoms with van der Waals surface area (Å²) in [4.78, 5) is 17.0. The highest BCUT2D eigenvalue weighted by atomic mass is 14.9. The summed E-state index contributed by atoms with van der Waals surface area (Å²) in [6.07, 6.45) is 5.37. The van der Waals surface area contributed by atoms with Crippen molar-refractivity contribution in [2.75, 3.05) is 0 Å². The standard InChI is InChI=1S/C13H17N5/c1-9(2)15-6-11-7-16-13(17-8-11)12-4-5-14-10(3)18-12/h4-5,7-9,15H,6H2,1-3H3. The van der Waals surface area contributed by atoms with Crippen LogP contribution in [-0.2, 0) is 6.54 Å². The van der Waals surface area contributed by atoms with Crippen molar-refractivity contribution < 1.29 is 0 Å². The highest BCUT2D eigenvalue weighted by Crippen LogP contribution is 2.10. The number of aromatic nitrogens is 4. The zero-order valence-corrected chi connectivity index (χ0v) is 10.9. The average molecular weight is 243 g/mol. The van der Waals surface area contributed by atoms with Gasteiger partial charge in [0.05, 0.1) is 0 Å². The van der Waals surface area contributed by atoms with E-state index in [2.05, 4.69) is 39.1 Å². The largest absolute Gasteiger partial charge is 0.310 e. The van der Waals surface area contributed by atoms with E-state index in [1.54, 1.807) is 6.20 Å². The molecule has 0 amide bonds. The number of hydrogen-bond acceptors (Lipinski definition) is 5. The maximum Gasteiger partial charge on any atom is 0.178 e. The first-order chi connectivity index (χ1) is 8.65. The third-order valence-corrected chi connectivity index (χ3v) is 2.42. The lowest BCUT2D eigenvalue weighted by Gasteiger charge is -2.07. The highest BCUT2D eigenvalue weighted by molar-refractivity contribution is 5.47. The van der Waals surface area contributed by atoms with Crippen LogP contribution >= 0.6 is 0 Å². The van der Waals surface area contributed by atoms with Crippen molar-refractivity contribution >= 4 is 0 Å². The van der Waals surface area contributed by atoms with E-state index >= 15 is 0 Å². The third kappa shape index (κ3) is 3.30. The van der Waals surface area contributed by atoms with Gasteiger partial charge < -0.3 is 5.32 Å². The maximum absolute atomic E-state index is 4.33. The summed E-state index contributed by atoms with van der Waals surface area (Å²) < 4.78 is 0. The van der Waals surface area contributed by atoms with E-state index in [0.29, 0.717) is 11.9 Å². The van der Waals surface area contributed by atoms with Crippen molar-refractivity contribution in [3.63, 3.8) is 0 Å². The van der Waals surface area contributed by atoms with Crippen molar-refractivity contribution in [1.82, 2.24) is 25.3 Å². The zero-order chi connectivity index (χ0) is 13.0. The van der Waals surface area contributed by atoms with Gasteiger partial charge in [0, 0.05) is 36.7 Å². The van der Waals surface area contributed by atoms with Crippen LogP contribution in [-0.4, -0.2) is 26.0 Å². The van der Waals surface area contributed by atoms with Crippen LogP contribution in [0.3, 0.4) is 0 Å². The molecule has 0 radical (unpaired) electrons. The summed E-state index contributed by atoms with van der Waals surface area (Å²) in [5.41, 5.74) is 1.82. The number of aryl methyl sites for hydroxylation is 1. The lowest BCUT2D eigenvalue weighted by atomic mass is 10.3. The number of nitrogens with zero attached hydrogens (tertiary/aromatic N) is 4. The van der Waals surface area contributed by atoms with Crippen molar-refractivity contribution in [3.8, 4) is 11.5 Å². The van der Waals surface area contributed by atoms with E-state index in [0.717, 1.165) is 23.6 Å². The van der Waals surface area contributed by atoms with Gasteiger partial charge in [0.15, 0.2) is 5.82 Å². The Labute approximate surface area is 107 Å². The molecular weight excluding hydrogens is 226 g/mol. The van der Waals surface area contributed by atoms with Crippen molar-refractivity contribution in [2.45, 2.75) is 33.4 Å². The fourth-order valence-corrected chi connectivity index (χ4v) is 1.48. The molecule has 2 aromatic heterocycles. The Hall–Kier alpha value is -1.88. The molecule has 0 fully saturated rings. The second-order valence-electron chi connectivity index (χ2n) is 4.44. The molecule has 0 aliphatic rings. The van der Waals surface area contributed by atoms with Crippen LogP contribution in [0.4, 0.5) is 0 Å². The van der Waals surface area contributed by atoms with Gasteiger partial charge >= 0.3 is 0 Å². The molecule has 0 bridgehead atoms. The Kier molecular flexibility index (Phi) is 3.94. The molecule has 5 heteroatoms. The quantitative estimate of drug-likeness (QED) is 0.886. The summed E-state index contributed by atoms with van der Waals surface area (Å²) in [6.45, 7) is 6.85. The van der Waals surface area contributed by atoms with Gasteiger partial charge in [-0.3, -0.25) is 0 Å². The average Bonchev–Trinajstić information content (AvgIpc) is 2.37. The molecule has 0 aromatic carbocycles. The normalized spacial score (nSPS) is 10.9. The minimum atomic E-state index is 0.453. The van der Waals surface area contributed by atoms with Gasteiger partial charge in [-0.15, -0.1) is 0 Å². The van der Waals surface area contributed by atoms with Crippen molar-refractivity contribution in [1.29, 1.82) is 0 Å². The fraction of sp³-hybridized carbons (Fsp3) is 0.385. The van der Waals surface area contributed by atoms with E-state index in [-0.39, 0.29) is 0 Å². The molecule has 0 aliphatic carbocycles. The Balaban J connectivity index is 2.12. The molecule has 94 valence electrons. The molecule has 0 saturated carbocycles. The SMILES string of the molecule is Cc1nccc(-c2ncc(CNC(C)C)cn2)n1. The van der Waals surface area contributed by atoms with Crippen LogP contribution in [0.2, 0.25) is 0 Å². The van der Waals surface area contributed by atoms with Crippen molar-refractivity contribution in [2.24, 2.45) is 0 Å². The lowest BCUT2D eigenvalue weighted by molar-refractivity contribution is 0.587. The predicted octanol–water partition coefficient (Wildman–Crippen LogP) is 1.74. The molecule has 18 heavy (non-hydrogen) atoms. The first-order valence-electron chi connectivity index (χ1n) is 5.99. The molecule has 1 N–H and O–H groups in total. The smallest absolute Gasteiger partial charge is 0.178 e. The second kappa shape index (κ2) is 5.64. The van der Waals surface area contributed by atoms with Crippen LogP contribution in [0.5, 0.6) is 0 Å². The Morgan fingerprint density at radius 2 is 1.89 bits per heavy atom. The third-order valence-electron chi connectivity index (χ3n) is 2.42. The van der Waals surface area contributed by atoms with Crippen LogP contribution in [0.15, 0.2) is 24.7 Å². The molecule has 0 saturated heterocycles. The second-order valence-corrected chi connectivity index (χ2v) is 4.44. The Morgan fingerprint density at radius 1 is 1.17 bits per heavy atom. The number of hydrogen-bond donors (Lipinski definition) is 1. The number of nitrogens with one attached hydrogen (secondary N) is 1. The monoisotopic (exact) mass is 243 g/mol. The van der Waals surface area contributed by atoms with Gasteiger partial charge in [-0.1, -0.05) is 13.8 Å². The molecule has 2 aromatic rings. The molecule has 2 rings (SSSR count). The van der Waals surface area contributed by atoms with Crippen LogP contribution in [0.25, 0.3) is 11.5 Å². The topological polar surface area (TPSA) is 63.6 Å². The minimum absolute atomic E-state index is 0.453. The van der Waals surface area contributed by atoms with Gasteiger partial charge in [0.1, 0.15) is 11.5 Å². The van der Waals surface area contributed by atoms with Crippen LogP contribution in [0.1, 0.15) is 25.2 Å². The van der Waals surface area contributed by atoms with Crippen molar-refractivity contribution in [3.05, 3.63) is 36.0 Å². The lowest BCUT2D eigenvalue weighted by Crippen LogP contribution is -2.22. The fourth-order valence-electron chi connectivity index (χ4n) is 1.48. The van der Waals surface area contributed by atoms with Gasteiger partial charge in [0.2, 0.25) is 0 Å². The molecular formula is C13H17N5. The van der Waals surface area contributed by atoms with Crippen LogP contribution < -0.4 is 5.32 Å². The van der Waals surface area contributed by atoms with E-state index in [1.807, 2.05) is 25.4 Å². The molecule has 0 spiro atoms. The molecule has 0 atom stereocenters. The van der Waals surface area contributed by atoms with E-state index in [4.69, 9.17) is 0 Å². The zero-order valence-electron chi connectivity index (χ0n) is 10.9. The van der Waals surface area contributed by atoms with E-state index in [9.17, 15) is 0 Å². The van der Waals surface area contributed by atoms with Gasteiger partial charge in [0.25, 0.3) is 0 Å². The summed E-state index contributed by atoms with van der Waals surface area (Å²) in [7, 11) is 0.